The number of nitrogens with zero attached hydrogens (tertiary/aromatic N) is 2. The summed E-state index contributed by atoms with van der Waals surface area (Å²) in [5.74, 6) is 1.72. The van der Waals surface area contributed by atoms with Crippen molar-refractivity contribution < 1.29 is 9.53 Å². The summed E-state index contributed by atoms with van der Waals surface area (Å²) in [4.78, 5) is 20.0. The second-order valence-corrected chi connectivity index (χ2v) is 7.39. The molecule has 1 aromatic heterocycles. The van der Waals surface area contributed by atoms with Gasteiger partial charge in [-0.3, -0.25) is 9.79 Å². The van der Waals surface area contributed by atoms with Gasteiger partial charge in [-0.15, -0.1) is 35.3 Å². The number of nitrogens with one attached hydrogen (secondary N) is 2. The Morgan fingerprint density at radius 3 is 2.75 bits per heavy atom. The fourth-order valence-corrected chi connectivity index (χ4v) is 3.95. The second-order valence-electron chi connectivity index (χ2n) is 6.38. The number of halogens is 1. The number of carbonyl (C=O) groups excluding carboxylic acids is 1. The Bertz CT molecular complexity index is 792. The van der Waals surface area contributed by atoms with Crippen molar-refractivity contribution in [2.24, 2.45) is 4.99 Å². The summed E-state index contributed by atoms with van der Waals surface area (Å²) >= 11 is 1.79. The molecular formula is C20H27IN4O2S. The molecule has 0 spiro atoms. The minimum Gasteiger partial charge on any atom is -0.497 e. The highest BCUT2D eigenvalue weighted by molar-refractivity contribution is 14.0. The molecule has 8 heteroatoms. The average molecular weight is 514 g/mol. The van der Waals surface area contributed by atoms with Gasteiger partial charge in [-0.05, 0) is 41.1 Å². The van der Waals surface area contributed by atoms with Gasteiger partial charge in [0.1, 0.15) is 5.75 Å². The van der Waals surface area contributed by atoms with E-state index in [1.807, 2.05) is 29.2 Å². The minimum atomic E-state index is 0. The van der Waals surface area contributed by atoms with Crippen LogP contribution >= 0.6 is 35.3 Å². The molecule has 0 saturated heterocycles. The number of ether oxygens (including phenoxy) is 1. The highest BCUT2D eigenvalue weighted by atomic mass is 127. The Balaban J connectivity index is 0.00000280. The predicted molar refractivity (Wildman–Crippen MR) is 125 cm³/mol. The molecule has 0 aliphatic carbocycles. The first-order chi connectivity index (χ1) is 13.2. The number of methoxy groups -OCH3 is 1. The van der Waals surface area contributed by atoms with Crippen molar-refractivity contribution >= 4 is 47.2 Å². The largest absolute Gasteiger partial charge is 0.497 e. The fourth-order valence-electron chi connectivity index (χ4n) is 3.06. The molecule has 1 aliphatic rings. The number of hydrogen-bond acceptors (Lipinski definition) is 4. The summed E-state index contributed by atoms with van der Waals surface area (Å²) in [6.45, 7) is 2.78. The van der Waals surface area contributed by atoms with E-state index in [2.05, 4.69) is 27.1 Å². The fraction of sp³-hybridized carbons (Fsp3) is 0.400. The van der Waals surface area contributed by atoms with Crippen molar-refractivity contribution in [3.8, 4) is 5.75 Å². The lowest BCUT2D eigenvalue weighted by Gasteiger charge is -2.27. The number of hydrogen-bond donors (Lipinski definition) is 2. The van der Waals surface area contributed by atoms with Crippen LogP contribution in [0.4, 0.5) is 0 Å². The molecule has 0 bridgehead atoms. The average Bonchev–Trinajstić information content (AvgIpc) is 3.18. The number of carbonyl (C=O) groups is 1. The van der Waals surface area contributed by atoms with Gasteiger partial charge in [0.25, 0.3) is 0 Å². The van der Waals surface area contributed by atoms with Crippen LogP contribution in [0.2, 0.25) is 0 Å². The van der Waals surface area contributed by atoms with E-state index in [9.17, 15) is 4.79 Å². The van der Waals surface area contributed by atoms with Crippen molar-refractivity contribution in [3.05, 3.63) is 51.7 Å². The van der Waals surface area contributed by atoms with Gasteiger partial charge in [-0.2, -0.15) is 0 Å². The van der Waals surface area contributed by atoms with Crippen LogP contribution in [0.15, 0.2) is 40.7 Å². The maximum atomic E-state index is 12.5. The third-order valence-electron chi connectivity index (χ3n) is 4.63. The molecule has 3 rings (SSSR count). The summed E-state index contributed by atoms with van der Waals surface area (Å²) in [6, 6.07) is 10.0. The SMILES string of the molecule is CN=C(NCCC(=O)N1CCc2sccc2C1)NCc1ccc(OC)cc1.I. The maximum absolute atomic E-state index is 12.5. The summed E-state index contributed by atoms with van der Waals surface area (Å²) < 4.78 is 5.16. The van der Waals surface area contributed by atoms with Crippen LogP contribution in [0, 0.1) is 0 Å². The molecule has 28 heavy (non-hydrogen) atoms. The Hall–Kier alpha value is -1.81. The highest BCUT2D eigenvalue weighted by Gasteiger charge is 2.20. The quantitative estimate of drug-likeness (QED) is 0.354. The lowest BCUT2D eigenvalue weighted by molar-refractivity contribution is -0.131. The normalized spacial score (nSPS) is 13.4. The Labute approximate surface area is 187 Å². The van der Waals surface area contributed by atoms with Crippen LogP contribution in [0.25, 0.3) is 0 Å². The van der Waals surface area contributed by atoms with Crippen LogP contribution in [0.1, 0.15) is 22.4 Å². The van der Waals surface area contributed by atoms with Gasteiger partial charge in [0.2, 0.25) is 5.91 Å². The van der Waals surface area contributed by atoms with E-state index in [0.717, 1.165) is 30.8 Å². The summed E-state index contributed by atoms with van der Waals surface area (Å²) in [5, 5.41) is 8.59. The van der Waals surface area contributed by atoms with E-state index in [0.29, 0.717) is 25.5 Å². The van der Waals surface area contributed by atoms with Crippen molar-refractivity contribution in [2.45, 2.75) is 25.9 Å². The Morgan fingerprint density at radius 2 is 2.04 bits per heavy atom. The van der Waals surface area contributed by atoms with Crippen molar-refractivity contribution in [1.82, 2.24) is 15.5 Å². The van der Waals surface area contributed by atoms with Gasteiger partial charge in [-0.1, -0.05) is 12.1 Å². The lowest BCUT2D eigenvalue weighted by atomic mass is 10.1. The minimum absolute atomic E-state index is 0. The van der Waals surface area contributed by atoms with Crippen LogP contribution in [0.3, 0.4) is 0 Å². The molecule has 0 radical (unpaired) electrons. The third kappa shape index (κ3) is 6.10. The van der Waals surface area contributed by atoms with E-state index in [-0.39, 0.29) is 29.9 Å². The molecule has 1 amide bonds. The van der Waals surface area contributed by atoms with Gasteiger partial charge in [-0.25, -0.2) is 0 Å². The molecule has 2 N–H and O–H groups in total. The van der Waals surface area contributed by atoms with E-state index < -0.39 is 0 Å². The Morgan fingerprint density at radius 1 is 1.25 bits per heavy atom. The Kier molecular flexibility index (Phi) is 9.04. The zero-order valence-corrected chi connectivity index (χ0v) is 19.4. The number of fused-ring (bicyclic) bond motifs is 1. The molecular weight excluding hydrogens is 487 g/mol. The topological polar surface area (TPSA) is 66.0 Å². The van der Waals surface area contributed by atoms with Crippen LogP contribution in [-0.4, -0.2) is 44.0 Å². The molecule has 6 nitrogen and oxygen atoms in total. The molecule has 1 aromatic carbocycles. The summed E-state index contributed by atoms with van der Waals surface area (Å²) in [7, 11) is 3.39. The molecule has 0 atom stereocenters. The zero-order valence-electron chi connectivity index (χ0n) is 16.2. The predicted octanol–water partition coefficient (Wildman–Crippen LogP) is 3.01. The summed E-state index contributed by atoms with van der Waals surface area (Å²) in [5.41, 5.74) is 2.43. The smallest absolute Gasteiger partial charge is 0.224 e. The van der Waals surface area contributed by atoms with E-state index in [1.165, 1.54) is 10.4 Å². The van der Waals surface area contributed by atoms with Gasteiger partial charge in [0, 0.05) is 44.5 Å². The molecule has 0 fully saturated rings. The van der Waals surface area contributed by atoms with Crippen molar-refractivity contribution in [3.63, 3.8) is 0 Å². The first-order valence-corrected chi connectivity index (χ1v) is 9.98. The third-order valence-corrected chi connectivity index (χ3v) is 5.66. The van der Waals surface area contributed by atoms with E-state index in [1.54, 1.807) is 25.5 Å². The number of benzene rings is 1. The molecule has 0 unspecified atom stereocenters. The number of guanidine groups is 1. The molecule has 152 valence electrons. The first kappa shape index (κ1) is 22.5. The van der Waals surface area contributed by atoms with Crippen LogP contribution in [-0.2, 0) is 24.3 Å². The van der Waals surface area contributed by atoms with Gasteiger partial charge < -0.3 is 20.3 Å². The van der Waals surface area contributed by atoms with Crippen molar-refractivity contribution in [1.29, 1.82) is 0 Å². The van der Waals surface area contributed by atoms with E-state index >= 15 is 0 Å². The van der Waals surface area contributed by atoms with Crippen LogP contribution < -0.4 is 15.4 Å². The van der Waals surface area contributed by atoms with Gasteiger partial charge in [0.05, 0.1) is 7.11 Å². The molecule has 2 heterocycles. The van der Waals surface area contributed by atoms with Gasteiger partial charge >= 0.3 is 0 Å². The van der Waals surface area contributed by atoms with E-state index in [4.69, 9.17) is 4.74 Å². The zero-order chi connectivity index (χ0) is 19.1. The number of thiophene rings is 1. The lowest BCUT2D eigenvalue weighted by Crippen LogP contribution is -2.40. The number of aliphatic imine (C=N–C) groups is 1. The van der Waals surface area contributed by atoms with Crippen LogP contribution in [0.5, 0.6) is 5.75 Å². The molecule has 2 aromatic rings. The standard InChI is InChI=1S/C20H26N4O2S.HI/c1-21-20(23-13-15-3-5-17(26-2)6-4-15)22-10-7-19(25)24-11-8-18-16(14-24)9-12-27-18;/h3-6,9,12H,7-8,10-11,13-14H2,1-2H3,(H2,21,22,23);1H. The van der Waals surface area contributed by atoms with Gasteiger partial charge in [0.15, 0.2) is 5.96 Å². The van der Waals surface area contributed by atoms with Crippen molar-refractivity contribution in [2.75, 3.05) is 27.2 Å². The monoisotopic (exact) mass is 514 g/mol. The highest BCUT2D eigenvalue weighted by Crippen LogP contribution is 2.24. The number of amides is 1. The molecule has 1 aliphatic heterocycles. The molecule has 0 saturated carbocycles. The maximum Gasteiger partial charge on any atom is 0.224 e. The summed E-state index contributed by atoms with van der Waals surface area (Å²) in [6.07, 6.45) is 1.43. The first-order valence-electron chi connectivity index (χ1n) is 9.10. The number of rotatable bonds is 6. The second kappa shape index (κ2) is 11.3.